The summed E-state index contributed by atoms with van der Waals surface area (Å²) in [5.41, 5.74) is 6.14. The Kier molecular flexibility index (Phi) is 11.1. The van der Waals surface area contributed by atoms with Crippen LogP contribution in [0.4, 0.5) is 0 Å². The summed E-state index contributed by atoms with van der Waals surface area (Å²) in [5.74, 6) is 1.56. The third-order valence-electron chi connectivity index (χ3n) is 5.95. The Hall–Kier alpha value is -0.820. The van der Waals surface area contributed by atoms with E-state index in [2.05, 4.69) is 53.7 Å². The van der Waals surface area contributed by atoms with Crippen molar-refractivity contribution in [1.82, 2.24) is 0 Å². The van der Waals surface area contributed by atoms with Gasteiger partial charge >= 0.3 is 0 Å². The van der Waals surface area contributed by atoms with Crippen LogP contribution in [-0.2, 0) is 24.0 Å². The third kappa shape index (κ3) is 7.52. The molecule has 1 nitrogen and oxygen atoms in total. The Labute approximate surface area is 157 Å². The van der Waals surface area contributed by atoms with Crippen molar-refractivity contribution in [2.24, 2.45) is 11.8 Å². The van der Waals surface area contributed by atoms with E-state index in [-0.39, 0.29) is 0 Å². The van der Waals surface area contributed by atoms with E-state index in [4.69, 9.17) is 4.74 Å². The van der Waals surface area contributed by atoms with Gasteiger partial charge in [0.25, 0.3) is 0 Å². The Morgan fingerprint density at radius 1 is 0.800 bits per heavy atom. The molecule has 0 amide bonds. The van der Waals surface area contributed by atoms with Crippen LogP contribution in [0.2, 0.25) is 0 Å². The van der Waals surface area contributed by atoms with Crippen molar-refractivity contribution in [3.8, 4) is 0 Å². The highest BCUT2D eigenvalue weighted by molar-refractivity contribution is 5.38. The molecule has 0 saturated heterocycles. The number of hydrogen-bond acceptors (Lipinski definition) is 1. The van der Waals surface area contributed by atoms with Crippen LogP contribution in [0.15, 0.2) is 12.1 Å². The summed E-state index contributed by atoms with van der Waals surface area (Å²) in [5, 5.41) is 0. The highest BCUT2D eigenvalue weighted by Gasteiger charge is 2.11. The molecule has 144 valence electrons. The first kappa shape index (κ1) is 22.2. The summed E-state index contributed by atoms with van der Waals surface area (Å²) < 4.78 is 5.90. The van der Waals surface area contributed by atoms with Crippen LogP contribution >= 0.6 is 0 Å². The molecule has 0 atom stereocenters. The van der Waals surface area contributed by atoms with E-state index < -0.39 is 0 Å². The molecule has 0 saturated carbocycles. The van der Waals surface area contributed by atoms with Crippen molar-refractivity contribution in [3.05, 3.63) is 34.4 Å². The first-order chi connectivity index (χ1) is 12.1. The first-order valence-corrected chi connectivity index (χ1v) is 10.8. The van der Waals surface area contributed by atoms with Crippen LogP contribution < -0.4 is 0 Å². The van der Waals surface area contributed by atoms with Crippen molar-refractivity contribution in [2.45, 2.75) is 92.9 Å². The zero-order valence-corrected chi connectivity index (χ0v) is 17.8. The first-order valence-electron chi connectivity index (χ1n) is 10.8. The van der Waals surface area contributed by atoms with Crippen LogP contribution in [0.3, 0.4) is 0 Å². The maximum absolute atomic E-state index is 5.90. The van der Waals surface area contributed by atoms with Gasteiger partial charge < -0.3 is 4.74 Å². The molecule has 1 rings (SSSR count). The fourth-order valence-electron chi connectivity index (χ4n) is 3.68. The summed E-state index contributed by atoms with van der Waals surface area (Å²) in [6.45, 7) is 15.6. The van der Waals surface area contributed by atoms with Gasteiger partial charge in [-0.25, -0.2) is 0 Å². The van der Waals surface area contributed by atoms with Gasteiger partial charge in [0.15, 0.2) is 0 Å². The number of hydrogen-bond donors (Lipinski definition) is 0. The molecule has 25 heavy (non-hydrogen) atoms. The summed E-state index contributed by atoms with van der Waals surface area (Å²) >= 11 is 0. The van der Waals surface area contributed by atoms with Crippen molar-refractivity contribution in [3.63, 3.8) is 0 Å². The summed E-state index contributed by atoms with van der Waals surface area (Å²) in [6.07, 6.45) is 9.70. The average Bonchev–Trinajstić information content (AvgIpc) is 2.63. The summed E-state index contributed by atoms with van der Waals surface area (Å²) in [6, 6.07) is 4.95. The molecular weight excluding hydrogens is 304 g/mol. The standard InChI is InChI=1S/C24H42O/c1-7-20(8-2)16-24-15-19(6)23(17-22(24)11-5)13-12-14-25-18-21(9-3)10-4/h15,17,20-21H,7-14,16,18H2,1-6H3. The topological polar surface area (TPSA) is 9.23 Å². The monoisotopic (exact) mass is 346 g/mol. The molecule has 0 heterocycles. The Bertz CT molecular complexity index is 469. The van der Waals surface area contributed by atoms with E-state index >= 15 is 0 Å². The van der Waals surface area contributed by atoms with Crippen LogP contribution in [0.25, 0.3) is 0 Å². The van der Waals surface area contributed by atoms with E-state index in [1.165, 1.54) is 43.2 Å². The fraction of sp³-hybridized carbons (Fsp3) is 0.750. The zero-order valence-electron chi connectivity index (χ0n) is 17.8. The van der Waals surface area contributed by atoms with Crippen LogP contribution in [0.5, 0.6) is 0 Å². The number of rotatable bonds is 13. The molecule has 1 aromatic carbocycles. The molecule has 1 aromatic rings. The Morgan fingerprint density at radius 3 is 2.00 bits per heavy atom. The van der Waals surface area contributed by atoms with Crippen LogP contribution in [0.1, 0.15) is 89.0 Å². The smallest absolute Gasteiger partial charge is 0.0494 e. The molecule has 0 aromatic heterocycles. The second-order valence-electron chi connectivity index (χ2n) is 7.65. The van der Waals surface area contributed by atoms with E-state index in [0.29, 0.717) is 0 Å². The maximum atomic E-state index is 5.90. The Morgan fingerprint density at radius 2 is 1.44 bits per heavy atom. The molecule has 0 aliphatic heterocycles. The minimum atomic E-state index is 0.734. The minimum absolute atomic E-state index is 0.734. The molecule has 0 unspecified atom stereocenters. The molecule has 0 fully saturated rings. The van der Waals surface area contributed by atoms with Gasteiger partial charge in [-0.3, -0.25) is 0 Å². The SMILES string of the molecule is CCc1cc(CCCOCC(CC)CC)c(C)cc1CC(CC)CC. The van der Waals surface area contributed by atoms with E-state index in [0.717, 1.165) is 44.3 Å². The quantitative estimate of drug-likeness (QED) is 0.352. The van der Waals surface area contributed by atoms with Gasteiger partial charge in [0.2, 0.25) is 0 Å². The highest BCUT2D eigenvalue weighted by Crippen LogP contribution is 2.24. The lowest BCUT2D eigenvalue weighted by Gasteiger charge is -2.18. The highest BCUT2D eigenvalue weighted by atomic mass is 16.5. The van der Waals surface area contributed by atoms with E-state index in [9.17, 15) is 0 Å². The van der Waals surface area contributed by atoms with Gasteiger partial charge in [0.05, 0.1) is 0 Å². The average molecular weight is 347 g/mol. The van der Waals surface area contributed by atoms with Gasteiger partial charge in [-0.15, -0.1) is 0 Å². The van der Waals surface area contributed by atoms with Gasteiger partial charge in [-0.1, -0.05) is 72.4 Å². The van der Waals surface area contributed by atoms with Gasteiger partial charge in [-0.2, -0.15) is 0 Å². The van der Waals surface area contributed by atoms with Crippen molar-refractivity contribution < 1.29 is 4.74 Å². The zero-order chi connectivity index (χ0) is 18.7. The van der Waals surface area contributed by atoms with Crippen molar-refractivity contribution in [2.75, 3.05) is 13.2 Å². The molecular formula is C24H42O. The van der Waals surface area contributed by atoms with E-state index in [1.807, 2.05) is 0 Å². The van der Waals surface area contributed by atoms with Gasteiger partial charge in [0.1, 0.15) is 0 Å². The number of aryl methyl sites for hydroxylation is 3. The molecule has 1 heteroatoms. The van der Waals surface area contributed by atoms with Gasteiger partial charge in [0, 0.05) is 13.2 Å². The predicted molar refractivity (Wildman–Crippen MR) is 112 cm³/mol. The largest absolute Gasteiger partial charge is 0.381 e. The Balaban J connectivity index is 2.60. The van der Waals surface area contributed by atoms with Crippen molar-refractivity contribution >= 4 is 0 Å². The molecule has 0 aliphatic rings. The lowest BCUT2D eigenvalue weighted by Crippen LogP contribution is -2.09. The predicted octanol–water partition coefficient (Wildman–Crippen LogP) is 6.92. The summed E-state index contributed by atoms with van der Waals surface area (Å²) in [7, 11) is 0. The van der Waals surface area contributed by atoms with Crippen molar-refractivity contribution in [1.29, 1.82) is 0 Å². The van der Waals surface area contributed by atoms with Crippen LogP contribution in [0, 0.1) is 18.8 Å². The minimum Gasteiger partial charge on any atom is -0.381 e. The molecule has 0 radical (unpaired) electrons. The third-order valence-corrected chi connectivity index (χ3v) is 5.95. The second kappa shape index (κ2) is 12.5. The maximum Gasteiger partial charge on any atom is 0.0494 e. The molecule has 0 aliphatic carbocycles. The summed E-state index contributed by atoms with van der Waals surface area (Å²) in [4.78, 5) is 0. The lowest BCUT2D eigenvalue weighted by atomic mass is 9.88. The molecule has 0 N–H and O–H groups in total. The lowest BCUT2D eigenvalue weighted by molar-refractivity contribution is 0.0948. The molecule has 0 spiro atoms. The number of benzene rings is 1. The second-order valence-corrected chi connectivity index (χ2v) is 7.65. The van der Waals surface area contributed by atoms with Crippen LogP contribution in [-0.4, -0.2) is 13.2 Å². The number of ether oxygens (including phenoxy) is 1. The van der Waals surface area contributed by atoms with E-state index in [1.54, 1.807) is 11.1 Å². The van der Waals surface area contributed by atoms with Gasteiger partial charge in [-0.05, 0) is 66.7 Å². The fourth-order valence-corrected chi connectivity index (χ4v) is 3.68. The molecule has 0 bridgehead atoms. The normalized spacial score (nSPS) is 11.7.